The van der Waals surface area contributed by atoms with Gasteiger partial charge in [0.1, 0.15) is 11.9 Å². The van der Waals surface area contributed by atoms with E-state index in [2.05, 4.69) is 20.6 Å². The summed E-state index contributed by atoms with van der Waals surface area (Å²) < 4.78 is 5.83. The van der Waals surface area contributed by atoms with E-state index >= 15 is 0 Å². The normalized spacial score (nSPS) is 12.5. The number of halogens is 1. The van der Waals surface area contributed by atoms with Crippen LogP contribution in [0.2, 0.25) is 5.02 Å². The monoisotopic (exact) mass is 346 g/mol. The van der Waals surface area contributed by atoms with Crippen LogP contribution in [0.25, 0.3) is 0 Å². The summed E-state index contributed by atoms with van der Waals surface area (Å²) in [5.41, 5.74) is 1.05. The minimum Gasteiger partial charge on any atom is -0.487 e. The fraction of sp³-hybridized carbons (Fsp3) is 0.333. The molecule has 1 unspecified atom stereocenters. The second-order valence-corrected chi connectivity index (χ2v) is 5.72. The van der Waals surface area contributed by atoms with Crippen molar-refractivity contribution in [2.75, 3.05) is 20.1 Å². The van der Waals surface area contributed by atoms with Gasteiger partial charge in [-0.25, -0.2) is 0 Å². The topological polar surface area (TPSA) is 58.5 Å². The van der Waals surface area contributed by atoms with E-state index in [0.717, 1.165) is 24.6 Å². The predicted octanol–water partition coefficient (Wildman–Crippen LogP) is 2.91. The number of rotatable bonds is 7. The summed E-state index contributed by atoms with van der Waals surface area (Å²) in [4.78, 5) is 8.51. The zero-order valence-electron chi connectivity index (χ0n) is 14.0. The van der Waals surface area contributed by atoms with E-state index in [1.807, 2.05) is 49.4 Å². The van der Waals surface area contributed by atoms with Crippen LogP contribution in [0.5, 0.6) is 5.75 Å². The predicted molar refractivity (Wildman–Crippen MR) is 98.8 cm³/mol. The Kier molecular flexibility index (Phi) is 7.36. The van der Waals surface area contributed by atoms with Crippen LogP contribution in [-0.2, 0) is 6.42 Å². The molecule has 0 aliphatic heterocycles. The van der Waals surface area contributed by atoms with Gasteiger partial charge in [-0.3, -0.25) is 9.98 Å². The Balaban J connectivity index is 1.72. The number of nitrogens with one attached hydrogen (secondary N) is 2. The highest BCUT2D eigenvalue weighted by molar-refractivity contribution is 6.32. The molecule has 1 aromatic carbocycles. The summed E-state index contributed by atoms with van der Waals surface area (Å²) in [6.07, 6.45) is 2.60. The van der Waals surface area contributed by atoms with E-state index in [1.165, 1.54) is 0 Å². The average molecular weight is 347 g/mol. The highest BCUT2D eigenvalue weighted by atomic mass is 35.5. The lowest BCUT2D eigenvalue weighted by Crippen LogP contribution is -2.42. The number of guanidine groups is 1. The van der Waals surface area contributed by atoms with Crippen LogP contribution in [0, 0.1) is 0 Å². The van der Waals surface area contributed by atoms with Crippen molar-refractivity contribution in [2.45, 2.75) is 19.4 Å². The fourth-order valence-electron chi connectivity index (χ4n) is 2.11. The lowest BCUT2D eigenvalue weighted by Gasteiger charge is -2.18. The van der Waals surface area contributed by atoms with Gasteiger partial charge >= 0.3 is 0 Å². The van der Waals surface area contributed by atoms with Crippen LogP contribution in [0.4, 0.5) is 0 Å². The van der Waals surface area contributed by atoms with Gasteiger partial charge in [-0.15, -0.1) is 0 Å². The Bertz CT molecular complexity index is 648. The molecule has 0 spiro atoms. The molecule has 1 aromatic heterocycles. The molecule has 2 N–H and O–H groups in total. The summed E-state index contributed by atoms with van der Waals surface area (Å²) in [5.74, 6) is 1.42. The first kappa shape index (κ1) is 18.1. The summed E-state index contributed by atoms with van der Waals surface area (Å²) in [6, 6.07) is 13.4. The number of nitrogens with zero attached hydrogens (tertiary/aromatic N) is 2. The lowest BCUT2D eigenvalue weighted by atomic mass is 10.3. The van der Waals surface area contributed by atoms with Crippen molar-refractivity contribution in [3.63, 3.8) is 0 Å². The van der Waals surface area contributed by atoms with E-state index in [1.54, 1.807) is 13.2 Å². The van der Waals surface area contributed by atoms with Crippen molar-refractivity contribution >= 4 is 17.6 Å². The van der Waals surface area contributed by atoms with E-state index < -0.39 is 0 Å². The molecule has 0 bridgehead atoms. The number of hydrogen-bond acceptors (Lipinski definition) is 3. The van der Waals surface area contributed by atoms with Gasteiger partial charge in [0.05, 0.1) is 11.6 Å². The van der Waals surface area contributed by atoms with Crippen LogP contribution in [-0.4, -0.2) is 37.2 Å². The molecule has 2 aromatic rings. The molecule has 0 fully saturated rings. The summed E-state index contributed by atoms with van der Waals surface area (Å²) in [6.45, 7) is 3.36. The zero-order chi connectivity index (χ0) is 17.2. The SMILES string of the molecule is CN=C(NCCc1ccccn1)NCC(C)Oc1ccccc1Cl. The molecule has 2 rings (SSSR count). The third-order valence-corrected chi connectivity index (χ3v) is 3.66. The highest BCUT2D eigenvalue weighted by Crippen LogP contribution is 2.23. The fourth-order valence-corrected chi connectivity index (χ4v) is 2.29. The van der Waals surface area contributed by atoms with E-state index in [4.69, 9.17) is 16.3 Å². The minimum atomic E-state index is -0.0424. The first-order chi connectivity index (χ1) is 11.7. The van der Waals surface area contributed by atoms with Crippen molar-refractivity contribution in [1.29, 1.82) is 0 Å². The van der Waals surface area contributed by atoms with E-state index in [9.17, 15) is 0 Å². The summed E-state index contributed by atoms with van der Waals surface area (Å²) in [5, 5.41) is 7.12. The maximum Gasteiger partial charge on any atom is 0.191 e. The smallest absolute Gasteiger partial charge is 0.191 e. The maximum atomic E-state index is 6.10. The number of hydrogen-bond donors (Lipinski definition) is 2. The molecular formula is C18H23ClN4O. The van der Waals surface area contributed by atoms with Crippen molar-refractivity contribution in [1.82, 2.24) is 15.6 Å². The third-order valence-electron chi connectivity index (χ3n) is 3.35. The second-order valence-electron chi connectivity index (χ2n) is 5.31. The highest BCUT2D eigenvalue weighted by Gasteiger charge is 2.08. The molecule has 1 heterocycles. The van der Waals surface area contributed by atoms with Crippen LogP contribution in [0.15, 0.2) is 53.7 Å². The van der Waals surface area contributed by atoms with E-state index in [-0.39, 0.29) is 6.10 Å². The maximum absolute atomic E-state index is 6.10. The molecule has 1 atom stereocenters. The standard InChI is InChI=1S/C18H23ClN4O/c1-14(24-17-9-4-3-8-16(17)19)13-23-18(20-2)22-12-10-15-7-5-6-11-21-15/h3-9,11,14H,10,12-13H2,1-2H3,(H2,20,22,23). The first-order valence-corrected chi connectivity index (χ1v) is 8.32. The second kappa shape index (κ2) is 9.78. The molecule has 0 radical (unpaired) electrons. The molecule has 6 heteroatoms. The Morgan fingerprint density at radius 3 is 2.71 bits per heavy atom. The van der Waals surface area contributed by atoms with E-state index in [0.29, 0.717) is 17.3 Å². The average Bonchev–Trinajstić information content (AvgIpc) is 2.61. The summed E-state index contributed by atoms with van der Waals surface area (Å²) >= 11 is 6.10. The Labute approximate surface area is 148 Å². The van der Waals surface area contributed by atoms with Gasteiger partial charge in [-0.2, -0.15) is 0 Å². The number of aromatic nitrogens is 1. The quantitative estimate of drug-likeness (QED) is 0.598. The number of para-hydroxylation sites is 1. The first-order valence-electron chi connectivity index (χ1n) is 7.94. The van der Waals surface area contributed by atoms with Gasteiger partial charge in [0.2, 0.25) is 0 Å². The number of benzene rings is 1. The Morgan fingerprint density at radius 1 is 1.21 bits per heavy atom. The van der Waals surface area contributed by atoms with Crippen LogP contribution < -0.4 is 15.4 Å². The zero-order valence-corrected chi connectivity index (χ0v) is 14.8. The Hall–Kier alpha value is -2.27. The third kappa shape index (κ3) is 6.08. The van der Waals surface area contributed by atoms with Gasteiger partial charge in [0.15, 0.2) is 5.96 Å². The lowest BCUT2D eigenvalue weighted by molar-refractivity contribution is 0.224. The molecular weight excluding hydrogens is 324 g/mol. The molecule has 0 amide bonds. The molecule has 0 saturated heterocycles. The molecule has 0 saturated carbocycles. The van der Waals surface area contributed by atoms with Gasteiger partial charge in [0.25, 0.3) is 0 Å². The molecule has 128 valence electrons. The van der Waals surface area contributed by atoms with Gasteiger partial charge in [-0.05, 0) is 31.2 Å². The van der Waals surface area contributed by atoms with Crippen molar-refractivity contribution in [3.8, 4) is 5.75 Å². The van der Waals surface area contributed by atoms with Crippen molar-refractivity contribution < 1.29 is 4.74 Å². The van der Waals surface area contributed by atoms with Crippen molar-refractivity contribution in [2.24, 2.45) is 4.99 Å². The number of aliphatic imine (C=N–C) groups is 1. The molecule has 0 aliphatic rings. The summed E-state index contributed by atoms with van der Waals surface area (Å²) in [7, 11) is 1.75. The van der Waals surface area contributed by atoms with Crippen LogP contribution >= 0.6 is 11.6 Å². The number of ether oxygens (including phenoxy) is 1. The largest absolute Gasteiger partial charge is 0.487 e. The molecule has 5 nitrogen and oxygen atoms in total. The van der Waals surface area contributed by atoms with Crippen molar-refractivity contribution in [3.05, 3.63) is 59.4 Å². The minimum absolute atomic E-state index is 0.0424. The number of pyridine rings is 1. The molecule has 24 heavy (non-hydrogen) atoms. The van der Waals surface area contributed by atoms with Gasteiger partial charge in [0, 0.05) is 31.9 Å². The Morgan fingerprint density at radius 2 is 2.00 bits per heavy atom. The van der Waals surface area contributed by atoms with Gasteiger partial charge in [-0.1, -0.05) is 29.8 Å². The molecule has 0 aliphatic carbocycles. The van der Waals surface area contributed by atoms with Crippen LogP contribution in [0.1, 0.15) is 12.6 Å². The van der Waals surface area contributed by atoms with Gasteiger partial charge < -0.3 is 15.4 Å². The van der Waals surface area contributed by atoms with Crippen LogP contribution in [0.3, 0.4) is 0 Å².